The van der Waals surface area contributed by atoms with Crippen molar-refractivity contribution in [1.82, 2.24) is 0 Å². The van der Waals surface area contributed by atoms with Gasteiger partial charge in [-0.15, -0.1) is 0 Å². The molecule has 0 spiro atoms. The molecular weight excluding hydrogens is 335 g/mol. The van der Waals surface area contributed by atoms with Gasteiger partial charge in [0.15, 0.2) is 5.79 Å². The first-order valence-electron chi connectivity index (χ1n) is 5.25. The van der Waals surface area contributed by atoms with Crippen LogP contribution in [0.4, 0.5) is 0 Å². The fraction of sp³-hybridized carbons (Fsp3) is 0.417. The zero-order valence-corrected chi connectivity index (χ0v) is 11.8. The summed E-state index contributed by atoms with van der Waals surface area (Å²) < 4.78 is 17.0. The molecule has 1 atom stereocenters. The standard InChI is InChI=1S/C12H13IO4/c1-12(2)15-7-10(17-12)16-11(14)8-3-5-9(13)6-4-8/h3-6,10H,7H2,1-2H3/t10-/m1/s1. The van der Waals surface area contributed by atoms with Crippen LogP contribution in [0.3, 0.4) is 0 Å². The van der Waals surface area contributed by atoms with Crippen molar-refractivity contribution in [1.29, 1.82) is 0 Å². The Hall–Kier alpha value is -0.660. The molecule has 0 aromatic heterocycles. The Morgan fingerprint density at radius 3 is 2.59 bits per heavy atom. The predicted molar refractivity (Wildman–Crippen MR) is 69.5 cm³/mol. The van der Waals surface area contributed by atoms with Gasteiger partial charge in [-0.1, -0.05) is 0 Å². The largest absolute Gasteiger partial charge is 0.429 e. The van der Waals surface area contributed by atoms with Crippen molar-refractivity contribution in [3.8, 4) is 0 Å². The van der Waals surface area contributed by atoms with Crippen molar-refractivity contribution in [3.05, 3.63) is 33.4 Å². The zero-order chi connectivity index (χ0) is 12.5. The minimum Gasteiger partial charge on any atom is -0.429 e. The molecule has 1 aromatic rings. The lowest BCUT2D eigenvalue weighted by Gasteiger charge is -2.16. The first-order valence-corrected chi connectivity index (χ1v) is 6.32. The van der Waals surface area contributed by atoms with Gasteiger partial charge in [-0.3, -0.25) is 0 Å². The number of rotatable bonds is 2. The van der Waals surface area contributed by atoms with E-state index in [-0.39, 0.29) is 6.61 Å². The summed E-state index contributed by atoms with van der Waals surface area (Å²) in [6, 6.07) is 7.16. The third-order valence-electron chi connectivity index (χ3n) is 2.30. The van der Waals surface area contributed by atoms with Gasteiger partial charge in [0.25, 0.3) is 0 Å². The highest BCUT2D eigenvalue weighted by Gasteiger charge is 2.35. The quantitative estimate of drug-likeness (QED) is 0.609. The van der Waals surface area contributed by atoms with Crippen molar-refractivity contribution >= 4 is 28.6 Å². The van der Waals surface area contributed by atoms with Gasteiger partial charge in [-0.2, -0.15) is 0 Å². The summed E-state index contributed by atoms with van der Waals surface area (Å²) in [6.07, 6.45) is -0.628. The Balaban J connectivity index is 1.96. The van der Waals surface area contributed by atoms with Crippen molar-refractivity contribution < 1.29 is 19.0 Å². The molecule has 1 aliphatic heterocycles. The van der Waals surface area contributed by atoms with Crippen molar-refractivity contribution in [2.45, 2.75) is 25.9 Å². The normalized spacial score (nSPS) is 22.4. The van der Waals surface area contributed by atoms with E-state index in [0.717, 1.165) is 3.57 Å². The molecular formula is C12H13IO4. The minimum absolute atomic E-state index is 0.267. The van der Waals surface area contributed by atoms with Crippen molar-refractivity contribution in [3.63, 3.8) is 0 Å². The van der Waals surface area contributed by atoms with Gasteiger partial charge >= 0.3 is 5.97 Å². The number of benzene rings is 1. The Bertz CT molecular complexity index is 413. The van der Waals surface area contributed by atoms with Gasteiger partial charge in [0.1, 0.15) is 6.61 Å². The number of carbonyl (C=O) groups excluding carboxylic acids is 1. The molecule has 0 bridgehead atoms. The maximum absolute atomic E-state index is 11.8. The van der Waals surface area contributed by atoms with Gasteiger partial charge in [-0.05, 0) is 60.7 Å². The van der Waals surface area contributed by atoms with E-state index in [1.54, 1.807) is 26.0 Å². The first kappa shape index (κ1) is 12.8. The highest BCUT2D eigenvalue weighted by molar-refractivity contribution is 14.1. The fourth-order valence-corrected chi connectivity index (χ4v) is 1.84. The number of ether oxygens (including phenoxy) is 3. The lowest BCUT2D eigenvalue weighted by molar-refractivity contribution is -0.175. The third kappa shape index (κ3) is 3.40. The Morgan fingerprint density at radius 2 is 2.06 bits per heavy atom. The number of esters is 1. The van der Waals surface area contributed by atoms with Gasteiger partial charge in [-0.25, -0.2) is 4.79 Å². The molecule has 17 heavy (non-hydrogen) atoms. The molecule has 5 heteroatoms. The second kappa shape index (κ2) is 4.91. The first-order chi connectivity index (χ1) is 7.96. The maximum atomic E-state index is 11.8. The molecule has 0 saturated carbocycles. The summed E-state index contributed by atoms with van der Waals surface area (Å²) >= 11 is 2.18. The van der Waals surface area contributed by atoms with Crippen LogP contribution in [0.25, 0.3) is 0 Å². The minimum atomic E-state index is -0.684. The van der Waals surface area contributed by atoms with Gasteiger partial charge < -0.3 is 14.2 Å². The van der Waals surface area contributed by atoms with Crippen LogP contribution in [-0.4, -0.2) is 24.7 Å². The molecule has 0 amide bonds. The molecule has 4 nitrogen and oxygen atoms in total. The lowest BCUT2D eigenvalue weighted by atomic mass is 10.2. The Morgan fingerprint density at radius 1 is 1.41 bits per heavy atom. The summed E-state index contributed by atoms with van der Waals surface area (Å²) in [7, 11) is 0. The second-order valence-electron chi connectivity index (χ2n) is 4.17. The van der Waals surface area contributed by atoms with Crippen molar-refractivity contribution in [2.24, 2.45) is 0 Å². The van der Waals surface area contributed by atoms with Gasteiger partial charge in [0.05, 0.1) is 5.56 Å². The van der Waals surface area contributed by atoms with Crippen LogP contribution in [0, 0.1) is 3.57 Å². The molecule has 1 aliphatic rings. The molecule has 0 unspecified atom stereocenters. The van der Waals surface area contributed by atoms with Crippen LogP contribution in [-0.2, 0) is 14.2 Å². The van der Waals surface area contributed by atoms with E-state index < -0.39 is 18.0 Å². The van der Waals surface area contributed by atoms with E-state index in [1.807, 2.05) is 12.1 Å². The average molecular weight is 348 g/mol. The summed E-state index contributed by atoms with van der Waals surface area (Å²) in [6.45, 7) is 3.83. The summed E-state index contributed by atoms with van der Waals surface area (Å²) in [5.74, 6) is -1.08. The molecule has 0 radical (unpaired) electrons. The summed E-state index contributed by atoms with van der Waals surface area (Å²) in [5, 5.41) is 0. The van der Waals surface area contributed by atoms with Gasteiger partial charge in [0, 0.05) is 3.57 Å². The van der Waals surface area contributed by atoms with Gasteiger partial charge in [0.2, 0.25) is 6.29 Å². The number of hydrogen-bond donors (Lipinski definition) is 0. The predicted octanol–water partition coefficient (Wildman–Crippen LogP) is 2.56. The van der Waals surface area contributed by atoms with E-state index in [1.165, 1.54) is 0 Å². The van der Waals surface area contributed by atoms with Crippen molar-refractivity contribution in [2.75, 3.05) is 6.61 Å². The Kier molecular flexibility index (Phi) is 3.70. The number of carbonyl (C=O) groups is 1. The third-order valence-corrected chi connectivity index (χ3v) is 3.02. The molecule has 0 N–H and O–H groups in total. The van der Waals surface area contributed by atoms with Crippen LogP contribution in [0.1, 0.15) is 24.2 Å². The molecule has 1 heterocycles. The fourth-order valence-electron chi connectivity index (χ4n) is 1.48. The van der Waals surface area contributed by atoms with E-state index >= 15 is 0 Å². The molecule has 92 valence electrons. The maximum Gasteiger partial charge on any atom is 0.340 e. The molecule has 1 fully saturated rings. The van der Waals surface area contributed by atoms with Crippen LogP contribution in [0.15, 0.2) is 24.3 Å². The highest BCUT2D eigenvalue weighted by atomic mass is 127. The lowest BCUT2D eigenvalue weighted by Crippen LogP contribution is -2.24. The monoisotopic (exact) mass is 348 g/mol. The van der Waals surface area contributed by atoms with Crippen LogP contribution < -0.4 is 0 Å². The molecule has 1 saturated heterocycles. The number of halogens is 1. The Labute approximate surface area is 113 Å². The van der Waals surface area contributed by atoms with E-state index in [2.05, 4.69) is 22.6 Å². The molecule has 2 rings (SSSR count). The summed E-state index contributed by atoms with van der Waals surface area (Å²) in [5.41, 5.74) is 0.513. The zero-order valence-electron chi connectivity index (χ0n) is 9.60. The SMILES string of the molecule is CC1(C)OC[C@H](OC(=O)c2ccc(I)cc2)O1. The average Bonchev–Trinajstić information content (AvgIpc) is 2.59. The van der Waals surface area contributed by atoms with Crippen LogP contribution in [0.2, 0.25) is 0 Å². The second-order valence-corrected chi connectivity index (χ2v) is 5.42. The van der Waals surface area contributed by atoms with Crippen LogP contribution >= 0.6 is 22.6 Å². The topological polar surface area (TPSA) is 44.8 Å². The number of hydrogen-bond acceptors (Lipinski definition) is 4. The molecule has 1 aromatic carbocycles. The molecule has 0 aliphatic carbocycles. The van der Waals surface area contributed by atoms with Crippen LogP contribution in [0.5, 0.6) is 0 Å². The summed E-state index contributed by atoms with van der Waals surface area (Å²) in [4.78, 5) is 11.8. The van der Waals surface area contributed by atoms with E-state index in [0.29, 0.717) is 5.56 Å². The van der Waals surface area contributed by atoms with E-state index in [9.17, 15) is 4.79 Å². The highest BCUT2D eigenvalue weighted by Crippen LogP contribution is 2.23. The van der Waals surface area contributed by atoms with E-state index in [4.69, 9.17) is 14.2 Å². The smallest absolute Gasteiger partial charge is 0.340 e.